The van der Waals surface area contributed by atoms with Gasteiger partial charge in [0.25, 0.3) is 9.84 Å². The second kappa shape index (κ2) is 8.74. The topological polar surface area (TPSA) is 68.3 Å². The second-order valence-electron chi connectivity index (χ2n) is 7.66. The van der Waals surface area contributed by atoms with Crippen LogP contribution in [-0.2, 0) is 19.7 Å². The molecule has 35 heavy (non-hydrogen) atoms. The molecular weight excluding hydrogens is 553 g/mol. The standard InChI is InChI=1S/C18H11F11O4S2/c19-5-2-1-3-6(4-5)34(30,31)17(35(32,33)18(27,28)29)9-10(20)7-8(11(21)14(9)24)13(23)16(26)15(25)12(7)22/h5-6,17H,1-4H2. The van der Waals surface area contributed by atoms with Crippen LogP contribution in [0.3, 0.4) is 0 Å². The fraction of sp³-hybridized carbons (Fsp3) is 0.444. The largest absolute Gasteiger partial charge is 0.499 e. The summed E-state index contributed by atoms with van der Waals surface area (Å²) in [6.07, 6.45) is -4.29. The third-order valence-corrected chi connectivity index (χ3v) is 10.7. The first-order valence-corrected chi connectivity index (χ1v) is 12.5. The third-order valence-electron chi connectivity index (χ3n) is 5.54. The summed E-state index contributed by atoms with van der Waals surface area (Å²) < 4.78 is 200. The predicted molar refractivity (Wildman–Crippen MR) is 97.4 cm³/mol. The maximum absolute atomic E-state index is 15.1. The Bertz CT molecular complexity index is 1420. The summed E-state index contributed by atoms with van der Waals surface area (Å²) in [5.41, 5.74) is -9.32. The summed E-state index contributed by atoms with van der Waals surface area (Å²) in [6, 6.07) is 0. The van der Waals surface area contributed by atoms with Gasteiger partial charge in [-0.05, 0) is 25.7 Å². The average Bonchev–Trinajstić information content (AvgIpc) is 2.74. The highest BCUT2D eigenvalue weighted by molar-refractivity contribution is 8.09. The number of sulfone groups is 2. The Morgan fingerprint density at radius 2 is 1.14 bits per heavy atom. The van der Waals surface area contributed by atoms with Gasteiger partial charge in [0.1, 0.15) is 12.0 Å². The van der Waals surface area contributed by atoms with Gasteiger partial charge >= 0.3 is 5.51 Å². The third kappa shape index (κ3) is 4.13. The number of hydrogen-bond donors (Lipinski definition) is 0. The van der Waals surface area contributed by atoms with Gasteiger partial charge in [0.2, 0.25) is 4.58 Å². The van der Waals surface area contributed by atoms with Gasteiger partial charge in [-0.2, -0.15) is 13.2 Å². The molecule has 17 heteroatoms. The summed E-state index contributed by atoms with van der Waals surface area (Å²) >= 11 is 0. The van der Waals surface area contributed by atoms with Crippen molar-refractivity contribution in [3.8, 4) is 0 Å². The van der Waals surface area contributed by atoms with Gasteiger partial charge in [-0.3, -0.25) is 0 Å². The van der Waals surface area contributed by atoms with Crippen molar-refractivity contribution < 1.29 is 65.1 Å². The van der Waals surface area contributed by atoms with Crippen molar-refractivity contribution in [3.63, 3.8) is 0 Å². The number of fused-ring (bicyclic) bond motifs is 1. The summed E-state index contributed by atoms with van der Waals surface area (Å²) in [5.74, 6) is -20.0. The molecule has 0 heterocycles. The smallest absolute Gasteiger partial charge is 0.247 e. The van der Waals surface area contributed by atoms with E-state index in [-0.39, 0.29) is 12.8 Å². The molecule has 1 aliphatic rings. The highest BCUT2D eigenvalue weighted by Crippen LogP contribution is 2.47. The van der Waals surface area contributed by atoms with Crippen molar-refractivity contribution in [2.75, 3.05) is 0 Å². The number of halogens is 11. The lowest BCUT2D eigenvalue weighted by atomic mass is 9.98. The number of alkyl halides is 4. The molecule has 1 fully saturated rings. The first-order chi connectivity index (χ1) is 15.9. The predicted octanol–water partition coefficient (Wildman–Crippen LogP) is 5.44. The highest BCUT2D eigenvalue weighted by Gasteiger charge is 2.60. The van der Waals surface area contributed by atoms with E-state index in [9.17, 15) is 60.7 Å². The van der Waals surface area contributed by atoms with E-state index in [1.165, 1.54) is 0 Å². The van der Waals surface area contributed by atoms with Gasteiger partial charge in [-0.15, -0.1) is 0 Å². The highest BCUT2D eigenvalue weighted by atomic mass is 32.3. The van der Waals surface area contributed by atoms with Crippen LogP contribution in [0.5, 0.6) is 0 Å². The Kier molecular flexibility index (Phi) is 6.85. The van der Waals surface area contributed by atoms with E-state index in [1.54, 1.807) is 0 Å². The second-order valence-corrected chi connectivity index (χ2v) is 12.3. The van der Waals surface area contributed by atoms with Crippen LogP contribution in [-0.4, -0.2) is 33.8 Å². The van der Waals surface area contributed by atoms with Gasteiger partial charge in [0, 0.05) is 0 Å². The Morgan fingerprint density at radius 3 is 1.60 bits per heavy atom. The van der Waals surface area contributed by atoms with Crippen molar-refractivity contribution in [2.24, 2.45) is 0 Å². The maximum Gasteiger partial charge on any atom is 0.499 e. The SMILES string of the molecule is O=S(=O)(C1CCCC(F)C1)C(c1c(F)c(F)c2c(F)c(F)c(F)c(F)c2c1F)S(=O)(=O)C(F)(F)F. The van der Waals surface area contributed by atoms with E-state index < -0.39 is 111 Å². The van der Waals surface area contributed by atoms with E-state index in [1.807, 2.05) is 0 Å². The Balaban J connectivity index is 2.52. The van der Waals surface area contributed by atoms with Crippen LogP contribution in [0.15, 0.2) is 0 Å². The Hall–Kier alpha value is -2.17. The first kappa shape index (κ1) is 27.4. The Morgan fingerprint density at radius 1 is 0.686 bits per heavy atom. The zero-order valence-corrected chi connectivity index (χ0v) is 18.3. The van der Waals surface area contributed by atoms with Crippen LogP contribution < -0.4 is 0 Å². The zero-order chi connectivity index (χ0) is 26.8. The fourth-order valence-electron chi connectivity index (χ4n) is 3.89. The lowest BCUT2D eigenvalue weighted by Gasteiger charge is -2.29. The van der Waals surface area contributed by atoms with Crippen LogP contribution in [0, 0.1) is 40.7 Å². The minimum atomic E-state index is -7.23. The van der Waals surface area contributed by atoms with Crippen LogP contribution in [0.4, 0.5) is 48.3 Å². The van der Waals surface area contributed by atoms with E-state index in [0.29, 0.717) is 0 Å². The molecular formula is C18H11F11O4S2. The molecule has 0 bridgehead atoms. The molecule has 0 aliphatic heterocycles. The minimum absolute atomic E-state index is 0.272. The monoisotopic (exact) mass is 564 g/mol. The van der Waals surface area contributed by atoms with Gasteiger partial charge < -0.3 is 0 Å². The van der Waals surface area contributed by atoms with Gasteiger partial charge in [0.15, 0.2) is 44.7 Å². The normalized spacial score (nSPS) is 20.9. The van der Waals surface area contributed by atoms with E-state index >= 15 is 4.39 Å². The van der Waals surface area contributed by atoms with E-state index in [4.69, 9.17) is 0 Å². The molecule has 1 saturated carbocycles. The van der Waals surface area contributed by atoms with Gasteiger partial charge in [-0.1, -0.05) is 0 Å². The molecule has 4 nitrogen and oxygen atoms in total. The molecule has 3 rings (SSSR count). The lowest BCUT2D eigenvalue weighted by Crippen LogP contribution is -2.41. The van der Waals surface area contributed by atoms with Crippen LogP contribution in [0.25, 0.3) is 10.8 Å². The number of benzene rings is 2. The number of hydrogen-bond acceptors (Lipinski definition) is 4. The molecule has 1 aliphatic carbocycles. The molecule has 0 aromatic heterocycles. The first-order valence-electron chi connectivity index (χ1n) is 9.36. The molecule has 0 radical (unpaired) electrons. The van der Waals surface area contributed by atoms with E-state index in [0.717, 1.165) is 0 Å². The summed E-state index contributed by atoms with van der Waals surface area (Å²) in [7, 11) is -13.2. The molecule has 2 aromatic rings. The van der Waals surface area contributed by atoms with Gasteiger partial charge in [-0.25, -0.2) is 52.0 Å². The van der Waals surface area contributed by atoms with Crippen LogP contribution >= 0.6 is 0 Å². The van der Waals surface area contributed by atoms with Crippen LogP contribution in [0.1, 0.15) is 35.8 Å². The van der Waals surface area contributed by atoms with Crippen molar-refractivity contribution in [1.29, 1.82) is 0 Å². The molecule has 0 saturated heterocycles. The quantitative estimate of drug-likeness (QED) is 0.282. The molecule has 3 unspecified atom stereocenters. The Labute approximate surface area is 189 Å². The molecule has 0 spiro atoms. The molecule has 0 amide bonds. The summed E-state index contributed by atoms with van der Waals surface area (Å²) in [5, 5.41) is -6.93. The molecule has 0 N–H and O–H groups in total. The van der Waals surface area contributed by atoms with E-state index in [2.05, 4.69) is 0 Å². The van der Waals surface area contributed by atoms with Crippen LogP contribution in [0.2, 0.25) is 0 Å². The van der Waals surface area contributed by atoms with Crippen molar-refractivity contribution in [1.82, 2.24) is 0 Å². The zero-order valence-electron chi connectivity index (χ0n) is 16.7. The van der Waals surface area contributed by atoms with Crippen molar-refractivity contribution in [3.05, 3.63) is 46.3 Å². The van der Waals surface area contributed by atoms with Crippen molar-refractivity contribution in [2.45, 2.75) is 47.2 Å². The summed E-state index contributed by atoms with van der Waals surface area (Å²) in [4.78, 5) is 0. The lowest BCUT2D eigenvalue weighted by molar-refractivity contribution is -0.0439. The number of rotatable bonds is 4. The minimum Gasteiger partial charge on any atom is -0.247 e. The maximum atomic E-state index is 15.1. The van der Waals surface area contributed by atoms with Crippen molar-refractivity contribution >= 4 is 30.4 Å². The fourth-order valence-corrected chi connectivity index (χ4v) is 8.72. The molecule has 2 aromatic carbocycles. The molecule has 3 atom stereocenters. The summed E-state index contributed by atoms with van der Waals surface area (Å²) in [6.45, 7) is 0. The average molecular weight is 564 g/mol. The van der Waals surface area contributed by atoms with Gasteiger partial charge in [0.05, 0.1) is 21.6 Å². The molecule has 196 valence electrons.